The Morgan fingerprint density at radius 3 is 2.48 bits per heavy atom. The van der Waals surface area contributed by atoms with Crippen LogP contribution in [0.4, 0.5) is 5.69 Å². The fraction of sp³-hybridized carbons (Fsp3) is 0.375. The number of anilines is 1. The van der Waals surface area contributed by atoms with Crippen LogP contribution in [-0.2, 0) is 14.3 Å². The van der Waals surface area contributed by atoms with Crippen molar-refractivity contribution in [3.05, 3.63) is 41.5 Å². The van der Waals surface area contributed by atoms with E-state index in [-0.39, 0.29) is 5.91 Å². The molecule has 0 aromatic heterocycles. The van der Waals surface area contributed by atoms with Crippen molar-refractivity contribution in [2.75, 3.05) is 5.32 Å². The predicted octanol–water partition coefficient (Wildman–Crippen LogP) is 0.561. The predicted molar refractivity (Wildman–Crippen MR) is 74.3 cm³/mol. The molecule has 4 atom stereocenters. The molecule has 1 N–H and O–H groups in total. The number of rotatable bonds is 3. The summed E-state index contributed by atoms with van der Waals surface area (Å²) in [6.07, 6.45) is 2.39. The first-order valence-electron chi connectivity index (χ1n) is 6.91. The minimum Gasteiger partial charge on any atom is -0.550 e. The highest BCUT2D eigenvalue weighted by molar-refractivity contribution is 5.97. The Morgan fingerprint density at radius 2 is 1.81 bits per heavy atom. The average Bonchev–Trinajstić information content (AvgIpc) is 3.04. The summed E-state index contributed by atoms with van der Waals surface area (Å²) in [4.78, 5) is 23.7. The van der Waals surface area contributed by atoms with Gasteiger partial charge < -0.3 is 20.0 Å². The molecule has 2 bridgehead atoms. The van der Waals surface area contributed by atoms with Gasteiger partial charge in [-0.05, 0) is 31.0 Å². The van der Waals surface area contributed by atoms with Crippen LogP contribution in [0.25, 0.3) is 0 Å². The van der Waals surface area contributed by atoms with E-state index in [0.29, 0.717) is 5.69 Å². The second kappa shape index (κ2) is 5.00. The third kappa shape index (κ3) is 2.23. The molecular weight excluding hydrogens is 270 g/mol. The molecule has 21 heavy (non-hydrogen) atoms. The lowest BCUT2D eigenvalue weighted by Gasteiger charge is -2.25. The van der Waals surface area contributed by atoms with Crippen LogP contribution in [0.15, 0.2) is 30.4 Å². The molecule has 2 aliphatic heterocycles. The number of nitrogens with one attached hydrogen (secondary N) is 1. The topological polar surface area (TPSA) is 78.5 Å². The van der Waals surface area contributed by atoms with Crippen LogP contribution >= 0.6 is 0 Å². The summed E-state index contributed by atoms with van der Waals surface area (Å²) >= 11 is 0. The third-order valence-corrected chi connectivity index (χ3v) is 4.34. The third-order valence-electron chi connectivity index (χ3n) is 4.34. The van der Waals surface area contributed by atoms with E-state index >= 15 is 0 Å². The number of amides is 1. The summed E-state index contributed by atoms with van der Waals surface area (Å²) in [6, 6.07) is 5.61. The van der Waals surface area contributed by atoms with E-state index < -0.39 is 30.0 Å². The first kappa shape index (κ1) is 13.8. The summed E-state index contributed by atoms with van der Waals surface area (Å²) in [5.41, 5.74) is 2.73. The van der Waals surface area contributed by atoms with Gasteiger partial charge in [0.15, 0.2) is 0 Å². The highest BCUT2D eigenvalue weighted by Crippen LogP contribution is 2.39. The number of ether oxygens (including phenoxy) is 1. The molecule has 1 amide bonds. The van der Waals surface area contributed by atoms with E-state index in [2.05, 4.69) is 5.32 Å². The molecule has 1 aromatic rings. The molecule has 110 valence electrons. The zero-order valence-electron chi connectivity index (χ0n) is 11.8. The lowest BCUT2D eigenvalue weighted by molar-refractivity contribution is -0.313. The Kier molecular flexibility index (Phi) is 3.29. The monoisotopic (exact) mass is 286 g/mol. The van der Waals surface area contributed by atoms with Gasteiger partial charge in [0.2, 0.25) is 5.91 Å². The number of hydrogen-bond donors (Lipinski definition) is 1. The smallest absolute Gasteiger partial charge is 0.231 e. The first-order chi connectivity index (χ1) is 9.99. The Morgan fingerprint density at radius 1 is 1.14 bits per heavy atom. The summed E-state index contributed by atoms with van der Waals surface area (Å²) in [5.74, 6) is -3.25. The second-order valence-corrected chi connectivity index (χ2v) is 5.56. The van der Waals surface area contributed by atoms with Gasteiger partial charge in [-0.2, -0.15) is 0 Å². The van der Waals surface area contributed by atoms with Crippen molar-refractivity contribution in [3.8, 4) is 0 Å². The van der Waals surface area contributed by atoms with Crippen LogP contribution in [0.1, 0.15) is 11.1 Å². The fourth-order valence-electron chi connectivity index (χ4n) is 3.00. The van der Waals surface area contributed by atoms with Crippen molar-refractivity contribution in [3.63, 3.8) is 0 Å². The van der Waals surface area contributed by atoms with Crippen LogP contribution < -0.4 is 10.4 Å². The molecule has 0 radical (unpaired) electrons. The van der Waals surface area contributed by atoms with Crippen LogP contribution in [0, 0.1) is 25.7 Å². The molecule has 0 unspecified atom stereocenters. The van der Waals surface area contributed by atoms with E-state index in [0.717, 1.165) is 11.1 Å². The van der Waals surface area contributed by atoms with E-state index in [4.69, 9.17) is 4.74 Å². The molecule has 0 saturated carbocycles. The number of aliphatic carboxylic acids is 1. The van der Waals surface area contributed by atoms with Crippen molar-refractivity contribution in [2.45, 2.75) is 26.1 Å². The summed E-state index contributed by atoms with van der Waals surface area (Å²) < 4.78 is 5.48. The maximum atomic E-state index is 12.5. The largest absolute Gasteiger partial charge is 0.550 e. The molecular formula is C16H16NO4-. The molecule has 5 nitrogen and oxygen atoms in total. The number of aryl methyl sites for hydroxylation is 1. The normalized spacial score (nSPS) is 29.6. The van der Waals surface area contributed by atoms with Gasteiger partial charge in [-0.15, -0.1) is 0 Å². The van der Waals surface area contributed by atoms with E-state index in [1.165, 1.54) is 0 Å². The molecule has 1 fully saturated rings. The maximum Gasteiger partial charge on any atom is 0.231 e. The molecule has 2 aliphatic rings. The Bertz CT molecular complexity index is 637. The van der Waals surface area contributed by atoms with Crippen molar-refractivity contribution in [2.24, 2.45) is 11.8 Å². The molecule has 3 rings (SSSR count). The average molecular weight is 286 g/mol. The molecule has 5 heteroatoms. The van der Waals surface area contributed by atoms with Crippen LogP contribution in [-0.4, -0.2) is 24.1 Å². The molecule has 2 heterocycles. The Balaban J connectivity index is 1.84. The van der Waals surface area contributed by atoms with Gasteiger partial charge in [0.05, 0.1) is 18.1 Å². The molecule has 1 saturated heterocycles. The molecule has 1 aromatic carbocycles. The van der Waals surface area contributed by atoms with Gasteiger partial charge in [-0.3, -0.25) is 4.79 Å². The lowest BCUT2D eigenvalue weighted by atomic mass is 9.82. The summed E-state index contributed by atoms with van der Waals surface area (Å²) in [5, 5.41) is 14.1. The van der Waals surface area contributed by atoms with Crippen LogP contribution in [0.3, 0.4) is 0 Å². The maximum absolute atomic E-state index is 12.5. The van der Waals surface area contributed by atoms with E-state index in [1.54, 1.807) is 18.2 Å². The van der Waals surface area contributed by atoms with Gasteiger partial charge in [0, 0.05) is 17.6 Å². The number of carboxylic acid groups (broad SMARTS) is 1. The SMILES string of the molecule is Cc1cccc(NC(=O)[C@@H]2[C@@H](C(=O)[O-])[C@H]3C=C[C@@H]2O3)c1C. The summed E-state index contributed by atoms with van der Waals surface area (Å²) in [7, 11) is 0. The van der Waals surface area contributed by atoms with Gasteiger partial charge >= 0.3 is 0 Å². The Hall–Kier alpha value is -2.14. The van der Waals surface area contributed by atoms with Crippen molar-refractivity contribution < 1.29 is 19.4 Å². The van der Waals surface area contributed by atoms with Crippen LogP contribution in [0.2, 0.25) is 0 Å². The highest BCUT2D eigenvalue weighted by atomic mass is 16.5. The second-order valence-electron chi connectivity index (χ2n) is 5.56. The van der Waals surface area contributed by atoms with Gasteiger partial charge in [0.1, 0.15) is 0 Å². The van der Waals surface area contributed by atoms with Gasteiger partial charge in [0.25, 0.3) is 0 Å². The van der Waals surface area contributed by atoms with E-state index in [9.17, 15) is 14.7 Å². The lowest BCUT2D eigenvalue weighted by Crippen LogP contribution is -2.45. The summed E-state index contributed by atoms with van der Waals surface area (Å²) in [6.45, 7) is 3.87. The first-order valence-corrected chi connectivity index (χ1v) is 6.91. The van der Waals surface area contributed by atoms with Crippen LogP contribution in [0.5, 0.6) is 0 Å². The minimum absolute atomic E-state index is 0.338. The molecule has 0 spiro atoms. The number of benzene rings is 1. The number of carbonyl (C=O) groups excluding carboxylic acids is 2. The minimum atomic E-state index is -1.24. The van der Waals surface area contributed by atoms with Crippen molar-refractivity contribution >= 4 is 17.6 Å². The fourth-order valence-corrected chi connectivity index (χ4v) is 3.00. The number of hydrogen-bond acceptors (Lipinski definition) is 4. The van der Waals surface area contributed by atoms with Crippen molar-refractivity contribution in [1.29, 1.82) is 0 Å². The number of fused-ring (bicyclic) bond motifs is 2. The highest BCUT2D eigenvalue weighted by Gasteiger charge is 2.50. The zero-order chi connectivity index (χ0) is 15.1. The zero-order valence-corrected chi connectivity index (χ0v) is 11.8. The van der Waals surface area contributed by atoms with Gasteiger partial charge in [-0.25, -0.2) is 0 Å². The standard InChI is InChI=1S/C16H17NO4/c1-8-4-3-5-10(9(8)2)17-15(18)13-11-6-7-12(21-11)14(13)16(19)20/h3-7,11-14H,1-2H3,(H,17,18)(H,19,20)/p-1/t11-,12+,13-,14-/m0/s1. The molecule has 0 aliphatic carbocycles. The quantitative estimate of drug-likeness (QED) is 0.824. The number of carboxylic acids is 1. The number of carbonyl (C=O) groups is 2. The van der Waals surface area contributed by atoms with E-state index in [1.807, 2.05) is 26.0 Å². The van der Waals surface area contributed by atoms with Gasteiger partial charge in [-0.1, -0.05) is 24.3 Å². The van der Waals surface area contributed by atoms with Crippen molar-refractivity contribution in [1.82, 2.24) is 0 Å². The Labute approximate surface area is 122 Å².